The van der Waals surface area contributed by atoms with Crippen LogP contribution in [0.15, 0.2) is 65.1 Å². The molecule has 6 heteroatoms. The van der Waals surface area contributed by atoms with Crippen LogP contribution in [0, 0.1) is 6.92 Å². The zero-order valence-corrected chi connectivity index (χ0v) is 19.2. The molecule has 0 bridgehead atoms. The van der Waals surface area contributed by atoms with Crippen LogP contribution in [-0.2, 0) is 19.7 Å². The lowest BCUT2D eigenvalue weighted by Gasteiger charge is -2.16. The van der Waals surface area contributed by atoms with E-state index in [2.05, 4.69) is 40.3 Å². The van der Waals surface area contributed by atoms with Crippen LogP contribution in [0.4, 0.5) is 0 Å². The van der Waals surface area contributed by atoms with E-state index in [0.717, 1.165) is 21.2 Å². The monoisotopic (exact) mass is 483 g/mol. The van der Waals surface area contributed by atoms with Crippen molar-refractivity contribution in [3.63, 3.8) is 0 Å². The van der Waals surface area contributed by atoms with E-state index in [0.29, 0.717) is 37.8 Å². The Labute approximate surface area is 191 Å². The molecule has 0 aliphatic carbocycles. The highest BCUT2D eigenvalue weighted by atomic mass is 79.9. The fourth-order valence-corrected chi connectivity index (χ4v) is 3.77. The zero-order chi connectivity index (χ0) is 22.2. The predicted molar refractivity (Wildman–Crippen MR) is 125 cm³/mol. The first-order chi connectivity index (χ1) is 15.0. The third-order valence-electron chi connectivity index (χ3n) is 4.86. The number of carbonyl (C=O) groups is 1. The second-order valence-electron chi connectivity index (χ2n) is 7.16. The first kappa shape index (κ1) is 22.8. The molecule has 0 amide bonds. The number of hydrogen-bond donors (Lipinski definition) is 2. The summed E-state index contributed by atoms with van der Waals surface area (Å²) in [6.45, 7) is 6.30. The van der Waals surface area contributed by atoms with Crippen LogP contribution in [-0.4, -0.2) is 17.7 Å². The molecule has 0 fully saturated rings. The molecule has 0 saturated heterocycles. The Kier molecular flexibility index (Phi) is 8.09. The molecule has 3 rings (SSSR count). The summed E-state index contributed by atoms with van der Waals surface area (Å²) in [6, 6.07) is 19.0. The van der Waals surface area contributed by atoms with Crippen molar-refractivity contribution in [2.45, 2.75) is 33.5 Å². The Balaban J connectivity index is 1.66. The van der Waals surface area contributed by atoms with E-state index in [1.807, 2.05) is 43.3 Å². The molecule has 5 nitrogen and oxygen atoms in total. The number of ether oxygens (including phenoxy) is 2. The molecule has 3 aromatic rings. The normalized spacial score (nSPS) is 10.7. The lowest BCUT2D eigenvalue weighted by Crippen LogP contribution is -2.13. The van der Waals surface area contributed by atoms with Gasteiger partial charge in [-0.2, -0.15) is 0 Å². The number of benzene rings is 3. The van der Waals surface area contributed by atoms with E-state index in [-0.39, 0.29) is 5.56 Å². The van der Waals surface area contributed by atoms with Crippen LogP contribution >= 0.6 is 15.9 Å². The van der Waals surface area contributed by atoms with Gasteiger partial charge in [0.25, 0.3) is 0 Å². The van der Waals surface area contributed by atoms with Crippen molar-refractivity contribution in [2.75, 3.05) is 6.61 Å². The van der Waals surface area contributed by atoms with Gasteiger partial charge >= 0.3 is 5.97 Å². The van der Waals surface area contributed by atoms with Crippen molar-refractivity contribution in [3.05, 3.63) is 93.0 Å². The van der Waals surface area contributed by atoms with Gasteiger partial charge in [0.1, 0.15) is 6.61 Å². The number of carboxylic acids is 1. The molecule has 0 aliphatic rings. The summed E-state index contributed by atoms with van der Waals surface area (Å²) >= 11 is 3.63. The summed E-state index contributed by atoms with van der Waals surface area (Å²) in [6.07, 6.45) is 0. The number of aryl methyl sites for hydroxylation is 1. The minimum atomic E-state index is -0.919. The quantitative estimate of drug-likeness (QED) is 0.385. The molecule has 0 unspecified atom stereocenters. The fraction of sp³-hybridized carbons (Fsp3) is 0.240. The average molecular weight is 484 g/mol. The predicted octanol–water partition coefficient (Wildman–Crippen LogP) is 5.72. The topological polar surface area (TPSA) is 67.8 Å². The molecule has 0 heterocycles. The summed E-state index contributed by atoms with van der Waals surface area (Å²) < 4.78 is 12.8. The minimum absolute atomic E-state index is 0.287. The van der Waals surface area contributed by atoms with Crippen molar-refractivity contribution >= 4 is 21.9 Å². The first-order valence-electron chi connectivity index (χ1n) is 10.1. The minimum Gasteiger partial charge on any atom is -0.490 e. The van der Waals surface area contributed by atoms with Crippen LogP contribution in [0.1, 0.15) is 39.5 Å². The van der Waals surface area contributed by atoms with Crippen LogP contribution in [0.3, 0.4) is 0 Å². The first-order valence-corrected chi connectivity index (χ1v) is 10.9. The molecule has 0 aliphatic heterocycles. The average Bonchev–Trinajstić information content (AvgIpc) is 2.75. The lowest BCUT2D eigenvalue weighted by molar-refractivity contribution is 0.0697. The van der Waals surface area contributed by atoms with E-state index < -0.39 is 5.97 Å². The van der Waals surface area contributed by atoms with Crippen molar-refractivity contribution in [3.8, 4) is 11.5 Å². The van der Waals surface area contributed by atoms with E-state index in [1.165, 1.54) is 5.56 Å². The van der Waals surface area contributed by atoms with Gasteiger partial charge in [-0.1, -0.05) is 36.4 Å². The second-order valence-corrected chi connectivity index (χ2v) is 8.01. The van der Waals surface area contributed by atoms with Crippen molar-refractivity contribution in [1.29, 1.82) is 0 Å². The number of aromatic carboxylic acids is 1. The maximum Gasteiger partial charge on any atom is 0.335 e. The van der Waals surface area contributed by atoms with Crippen molar-refractivity contribution in [2.24, 2.45) is 0 Å². The molecule has 0 atom stereocenters. The highest BCUT2D eigenvalue weighted by Gasteiger charge is 2.13. The molecule has 2 N–H and O–H groups in total. The van der Waals surface area contributed by atoms with Crippen LogP contribution in [0.25, 0.3) is 0 Å². The Bertz CT molecular complexity index is 1030. The zero-order valence-electron chi connectivity index (χ0n) is 17.7. The summed E-state index contributed by atoms with van der Waals surface area (Å²) in [4.78, 5) is 11.0. The number of halogens is 1. The number of hydrogen-bond acceptors (Lipinski definition) is 4. The Morgan fingerprint density at radius 2 is 1.71 bits per heavy atom. The summed E-state index contributed by atoms with van der Waals surface area (Å²) in [7, 11) is 0. The molecular weight excluding hydrogens is 458 g/mol. The van der Waals surface area contributed by atoms with Gasteiger partial charge in [0.05, 0.1) is 16.6 Å². The van der Waals surface area contributed by atoms with Gasteiger partial charge in [-0.25, -0.2) is 4.79 Å². The fourth-order valence-electron chi connectivity index (χ4n) is 3.16. The van der Waals surface area contributed by atoms with Crippen LogP contribution < -0.4 is 14.8 Å². The highest BCUT2D eigenvalue weighted by molar-refractivity contribution is 9.10. The molecule has 0 aromatic heterocycles. The number of rotatable bonds is 10. The third-order valence-corrected chi connectivity index (χ3v) is 5.45. The second kappa shape index (κ2) is 11.0. The molecule has 0 saturated carbocycles. The van der Waals surface area contributed by atoms with Gasteiger partial charge < -0.3 is 19.9 Å². The summed E-state index contributed by atoms with van der Waals surface area (Å²) in [5.74, 6) is 0.476. The van der Waals surface area contributed by atoms with Crippen molar-refractivity contribution < 1.29 is 19.4 Å². The Morgan fingerprint density at radius 1 is 1.00 bits per heavy atom. The highest BCUT2D eigenvalue weighted by Crippen LogP contribution is 2.37. The molecule has 0 spiro atoms. The number of nitrogens with one attached hydrogen (secondary N) is 1. The van der Waals surface area contributed by atoms with Gasteiger partial charge in [-0.05, 0) is 76.3 Å². The van der Waals surface area contributed by atoms with E-state index in [1.54, 1.807) is 12.1 Å². The Morgan fingerprint density at radius 3 is 2.39 bits per heavy atom. The molecule has 31 heavy (non-hydrogen) atoms. The van der Waals surface area contributed by atoms with E-state index in [4.69, 9.17) is 14.6 Å². The van der Waals surface area contributed by atoms with E-state index >= 15 is 0 Å². The maximum atomic E-state index is 11.0. The largest absolute Gasteiger partial charge is 0.490 e. The lowest BCUT2D eigenvalue weighted by atomic mass is 10.1. The smallest absolute Gasteiger partial charge is 0.335 e. The van der Waals surface area contributed by atoms with Gasteiger partial charge in [-0.15, -0.1) is 0 Å². The van der Waals surface area contributed by atoms with Crippen LogP contribution in [0.2, 0.25) is 0 Å². The maximum absolute atomic E-state index is 11.0. The molecule has 162 valence electrons. The number of carboxylic acid groups (broad SMARTS) is 1. The molecule has 0 radical (unpaired) electrons. The SMILES string of the molecule is CCOc1cc(CNCc2ccc(C(=O)O)cc2)cc(Br)c1OCc1ccccc1C. The van der Waals surface area contributed by atoms with Gasteiger partial charge in [0.2, 0.25) is 0 Å². The van der Waals surface area contributed by atoms with Crippen LogP contribution in [0.5, 0.6) is 11.5 Å². The van der Waals surface area contributed by atoms with Crippen molar-refractivity contribution in [1.82, 2.24) is 5.32 Å². The third kappa shape index (κ3) is 6.32. The summed E-state index contributed by atoms with van der Waals surface area (Å²) in [5.41, 5.74) is 4.69. The Hall–Kier alpha value is -2.83. The molecular formula is C25H26BrNO4. The van der Waals surface area contributed by atoms with Gasteiger partial charge in [-0.3, -0.25) is 0 Å². The van der Waals surface area contributed by atoms with E-state index in [9.17, 15) is 4.79 Å². The summed E-state index contributed by atoms with van der Waals surface area (Å²) in [5, 5.41) is 12.4. The van der Waals surface area contributed by atoms with Gasteiger partial charge in [0, 0.05) is 13.1 Å². The standard InChI is InChI=1S/C25H26BrNO4/c1-3-30-23-13-19(15-27-14-18-8-10-20(11-9-18)25(28)29)12-22(26)24(23)31-16-21-7-5-4-6-17(21)2/h4-13,27H,3,14-16H2,1-2H3,(H,28,29). The van der Waals surface area contributed by atoms with Gasteiger partial charge in [0.15, 0.2) is 11.5 Å². The molecule has 3 aromatic carbocycles.